The SMILES string of the molecule is O=S(=O)(Nc1cccc(-c2csc(-c3ccccc3Cl)n2)c1)c1ccccc1. The molecule has 0 saturated carbocycles. The van der Waals surface area contributed by atoms with Crippen molar-refractivity contribution in [1.29, 1.82) is 0 Å². The molecular formula is C21H15ClN2O2S2. The summed E-state index contributed by atoms with van der Waals surface area (Å²) in [6, 6.07) is 23.0. The molecule has 0 spiro atoms. The van der Waals surface area contributed by atoms with Crippen LogP contribution in [0.2, 0.25) is 5.02 Å². The lowest BCUT2D eigenvalue weighted by Gasteiger charge is -2.09. The smallest absolute Gasteiger partial charge is 0.261 e. The lowest BCUT2D eigenvalue weighted by molar-refractivity contribution is 0.601. The van der Waals surface area contributed by atoms with E-state index in [1.807, 2.05) is 35.7 Å². The predicted octanol–water partition coefficient (Wildman–Crippen LogP) is 5.93. The van der Waals surface area contributed by atoms with E-state index in [1.165, 1.54) is 11.3 Å². The van der Waals surface area contributed by atoms with Crippen molar-refractivity contribution in [3.8, 4) is 21.8 Å². The number of halogens is 1. The normalized spacial score (nSPS) is 11.3. The molecular weight excluding hydrogens is 412 g/mol. The van der Waals surface area contributed by atoms with E-state index in [0.717, 1.165) is 21.8 Å². The van der Waals surface area contributed by atoms with Crippen LogP contribution >= 0.6 is 22.9 Å². The summed E-state index contributed by atoms with van der Waals surface area (Å²) >= 11 is 7.75. The van der Waals surface area contributed by atoms with Gasteiger partial charge in [0.2, 0.25) is 0 Å². The largest absolute Gasteiger partial charge is 0.280 e. The zero-order chi connectivity index (χ0) is 19.6. The van der Waals surface area contributed by atoms with Crippen LogP contribution < -0.4 is 4.72 Å². The molecule has 0 fully saturated rings. The molecule has 0 aliphatic heterocycles. The number of thiazole rings is 1. The van der Waals surface area contributed by atoms with Crippen LogP contribution in [0.3, 0.4) is 0 Å². The van der Waals surface area contributed by atoms with E-state index in [9.17, 15) is 8.42 Å². The molecule has 28 heavy (non-hydrogen) atoms. The average Bonchev–Trinajstić information content (AvgIpc) is 3.19. The summed E-state index contributed by atoms with van der Waals surface area (Å²) in [7, 11) is -3.64. The van der Waals surface area contributed by atoms with Crippen molar-refractivity contribution in [1.82, 2.24) is 4.98 Å². The van der Waals surface area contributed by atoms with Crippen LogP contribution in [-0.2, 0) is 10.0 Å². The van der Waals surface area contributed by atoms with Gasteiger partial charge in [-0.3, -0.25) is 4.72 Å². The second-order valence-corrected chi connectivity index (χ2v) is 8.96. The lowest BCUT2D eigenvalue weighted by Crippen LogP contribution is -2.12. The number of nitrogens with one attached hydrogen (secondary N) is 1. The van der Waals surface area contributed by atoms with Gasteiger partial charge < -0.3 is 0 Å². The first-order valence-corrected chi connectivity index (χ1v) is 11.2. The first-order chi connectivity index (χ1) is 13.5. The molecule has 0 bridgehead atoms. The first kappa shape index (κ1) is 18.7. The van der Waals surface area contributed by atoms with Crippen LogP contribution in [0.1, 0.15) is 0 Å². The monoisotopic (exact) mass is 426 g/mol. The molecule has 0 atom stereocenters. The fraction of sp³-hybridized carbons (Fsp3) is 0. The third kappa shape index (κ3) is 3.94. The minimum absolute atomic E-state index is 0.218. The van der Waals surface area contributed by atoms with Crippen LogP contribution in [0.15, 0.2) is 89.1 Å². The Morgan fingerprint density at radius 1 is 0.893 bits per heavy atom. The first-order valence-electron chi connectivity index (χ1n) is 8.42. The summed E-state index contributed by atoms with van der Waals surface area (Å²) in [5, 5.41) is 3.40. The van der Waals surface area contributed by atoms with Crippen molar-refractivity contribution in [3.63, 3.8) is 0 Å². The molecule has 0 aliphatic carbocycles. The molecule has 3 aromatic carbocycles. The van der Waals surface area contributed by atoms with Gasteiger partial charge in [-0.05, 0) is 30.3 Å². The standard InChI is InChI=1S/C21H15ClN2O2S2/c22-19-12-5-4-11-18(19)21-23-20(14-27-21)15-7-6-8-16(13-15)24-28(25,26)17-9-2-1-3-10-17/h1-14,24H. The van der Waals surface area contributed by atoms with Crippen molar-refractivity contribution >= 4 is 38.6 Å². The van der Waals surface area contributed by atoms with Gasteiger partial charge in [0.1, 0.15) is 5.01 Å². The van der Waals surface area contributed by atoms with E-state index in [-0.39, 0.29) is 4.90 Å². The van der Waals surface area contributed by atoms with Gasteiger partial charge in [-0.25, -0.2) is 13.4 Å². The van der Waals surface area contributed by atoms with Crippen LogP contribution in [0, 0.1) is 0 Å². The zero-order valence-electron chi connectivity index (χ0n) is 14.5. The molecule has 0 unspecified atom stereocenters. The maximum atomic E-state index is 12.5. The zero-order valence-corrected chi connectivity index (χ0v) is 16.9. The van der Waals surface area contributed by atoms with Gasteiger partial charge >= 0.3 is 0 Å². The lowest BCUT2D eigenvalue weighted by atomic mass is 10.1. The molecule has 1 aromatic heterocycles. The Balaban J connectivity index is 1.62. The summed E-state index contributed by atoms with van der Waals surface area (Å²) in [4.78, 5) is 4.88. The van der Waals surface area contributed by atoms with E-state index in [2.05, 4.69) is 9.71 Å². The predicted molar refractivity (Wildman–Crippen MR) is 115 cm³/mol. The Bertz CT molecular complexity index is 1220. The fourth-order valence-electron chi connectivity index (χ4n) is 2.72. The number of hydrogen-bond donors (Lipinski definition) is 1. The van der Waals surface area contributed by atoms with Crippen LogP contribution in [0.5, 0.6) is 0 Å². The van der Waals surface area contributed by atoms with Crippen molar-refractivity contribution < 1.29 is 8.42 Å². The van der Waals surface area contributed by atoms with E-state index in [4.69, 9.17) is 11.6 Å². The second kappa shape index (κ2) is 7.75. The van der Waals surface area contributed by atoms with Gasteiger partial charge in [-0.2, -0.15) is 0 Å². The topological polar surface area (TPSA) is 59.1 Å². The number of aromatic nitrogens is 1. The molecule has 140 valence electrons. The molecule has 0 saturated heterocycles. The molecule has 4 nitrogen and oxygen atoms in total. The Labute approximate surface area is 172 Å². The molecule has 1 heterocycles. The van der Waals surface area contributed by atoms with Crippen LogP contribution in [-0.4, -0.2) is 13.4 Å². The Hall–Kier alpha value is -2.67. The number of hydrogen-bond acceptors (Lipinski definition) is 4. The summed E-state index contributed by atoms with van der Waals surface area (Å²) in [6.45, 7) is 0. The maximum absolute atomic E-state index is 12.5. The fourth-order valence-corrected chi connectivity index (χ4v) is 4.94. The third-order valence-corrected chi connectivity index (χ3v) is 6.67. The van der Waals surface area contributed by atoms with E-state index in [1.54, 1.807) is 48.5 Å². The van der Waals surface area contributed by atoms with Crippen LogP contribution in [0.4, 0.5) is 5.69 Å². The Morgan fingerprint density at radius 3 is 2.43 bits per heavy atom. The molecule has 0 aliphatic rings. The van der Waals surface area contributed by atoms with Crippen molar-refractivity contribution in [2.45, 2.75) is 4.90 Å². The summed E-state index contributed by atoms with van der Waals surface area (Å²) in [5.74, 6) is 0. The summed E-state index contributed by atoms with van der Waals surface area (Å²) < 4.78 is 27.7. The number of nitrogens with zero attached hydrogens (tertiary/aromatic N) is 1. The highest BCUT2D eigenvalue weighted by Crippen LogP contribution is 2.33. The van der Waals surface area contributed by atoms with Crippen molar-refractivity contribution in [2.75, 3.05) is 4.72 Å². The molecule has 0 radical (unpaired) electrons. The van der Waals surface area contributed by atoms with Gasteiger partial charge in [0.05, 0.1) is 15.6 Å². The van der Waals surface area contributed by atoms with Crippen molar-refractivity contribution in [2.24, 2.45) is 0 Å². The molecule has 0 amide bonds. The number of rotatable bonds is 5. The quantitative estimate of drug-likeness (QED) is 0.430. The van der Waals surface area contributed by atoms with Gasteiger partial charge in [0.15, 0.2) is 0 Å². The van der Waals surface area contributed by atoms with Gasteiger partial charge in [0.25, 0.3) is 10.0 Å². The Morgan fingerprint density at radius 2 is 1.64 bits per heavy atom. The van der Waals surface area contributed by atoms with Crippen LogP contribution in [0.25, 0.3) is 21.8 Å². The highest BCUT2D eigenvalue weighted by Gasteiger charge is 2.14. The summed E-state index contributed by atoms with van der Waals surface area (Å²) in [6.07, 6.45) is 0. The summed E-state index contributed by atoms with van der Waals surface area (Å²) in [5.41, 5.74) is 2.94. The molecule has 1 N–H and O–H groups in total. The third-order valence-electron chi connectivity index (χ3n) is 4.07. The van der Waals surface area contributed by atoms with E-state index in [0.29, 0.717) is 10.7 Å². The number of benzene rings is 3. The number of anilines is 1. The highest BCUT2D eigenvalue weighted by molar-refractivity contribution is 7.92. The van der Waals surface area contributed by atoms with Gasteiger partial charge in [-0.15, -0.1) is 11.3 Å². The van der Waals surface area contributed by atoms with E-state index >= 15 is 0 Å². The molecule has 4 aromatic rings. The minimum atomic E-state index is -3.64. The Kier molecular flexibility index (Phi) is 5.17. The number of sulfonamides is 1. The maximum Gasteiger partial charge on any atom is 0.261 e. The van der Waals surface area contributed by atoms with Gasteiger partial charge in [0, 0.05) is 22.2 Å². The highest BCUT2D eigenvalue weighted by atomic mass is 35.5. The molecule has 4 rings (SSSR count). The second-order valence-electron chi connectivity index (χ2n) is 6.02. The molecule has 7 heteroatoms. The van der Waals surface area contributed by atoms with E-state index < -0.39 is 10.0 Å². The minimum Gasteiger partial charge on any atom is -0.280 e. The van der Waals surface area contributed by atoms with Gasteiger partial charge in [-0.1, -0.05) is 60.1 Å². The van der Waals surface area contributed by atoms with Crippen molar-refractivity contribution in [3.05, 3.63) is 89.3 Å². The average molecular weight is 427 g/mol.